The largest absolute Gasteiger partial charge is 0.414 e. The maximum atomic E-state index is 12.2. The van der Waals surface area contributed by atoms with Gasteiger partial charge in [-0.25, -0.2) is 0 Å². The van der Waals surface area contributed by atoms with Crippen molar-refractivity contribution in [1.82, 2.24) is 10.2 Å². The Morgan fingerprint density at radius 1 is 1.32 bits per heavy atom. The molecule has 8 heteroatoms. The first-order chi connectivity index (χ1) is 12.0. The van der Waals surface area contributed by atoms with Gasteiger partial charge < -0.3 is 14.6 Å². The lowest BCUT2D eigenvalue weighted by Crippen LogP contribution is -3.10. The van der Waals surface area contributed by atoms with Gasteiger partial charge in [-0.15, -0.1) is 21.5 Å². The van der Waals surface area contributed by atoms with Gasteiger partial charge in [0.05, 0.1) is 22.6 Å². The van der Waals surface area contributed by atoms with E-state index in [2.05, 4.69) is 15.5 Å². The molecule has 0 aliphatic heterocycles. The molecule has 2 atom stereocenters. The molecule has 0 aliphatic carbocycles. The molecule has 0 fully saturated rings. The normalized spacial score (nSPS) is 13.4. The van der Waals surface area contributed by atoms with Gasteiger partial charge in [0.25, 0.3) is 17.7 Å². The van der Waals surface area contributed by atoms with Gasteiger partial charge in [-0.3, -0.25) is 4.79 Å². The van der Waals surface area contributed by atoms with Crippen molar-refractivity contribution in [2.45, 2.75) is 13.0 Å². The topological polar surface area (TPSA) is 72.5 Å². The zero-order valence-electron chi connectivity index (χ0n) is 13.8. The average molecular weight is 378 g/mol. The molecule has 0 radical (unpaired) electrons. The lowest BCUT2D eigenvalue weighted by molar-refractivity contribution is -0.903. The Labute approximate surface area is 154 Å². The van der Waals surface area contributed by atoms with Gasteiger partial charge in [-0.05, 0) is 30.5 Å². The number of nitrogens with zero attached hydrogens (tertiary/aromatic N) is 2. The molecule has 6 nitrogen and oxygen atoms in total. The number of para-hydroxylation sites is 1. The van der Waals surface area contributed by atoms with Crippen molar-refractivity contribution in [2.75, 3.05) is 18.9 Å². The van der Waals surface area contributed by atoms with Gasteiger partial charge >= 0.3 is 0 Å². The summed E-state index contributed by atoms with van der Waals surface area (Å²) in [6.07, 6.45) is 0. The van der Waals surface area contributed by atoms with Gasteiger partial charge in [-0.1, -0.05) is 29.8 Å². The summed E-state index contributed by atoms with van der Waals surface area (Å²) < 4.78 is 5.74. The molecule has 3 aromatic rings. The lowest BCUT2D eigenvalue weighted by atomic mass is 10.3. The van der Waals surface area contributed by atoms with Gasteiger partial charge in [0, 0.05) is 0 Å². The minimum atomic E-state index is -0.129. The predicted octanol–water partition coefficient (Wildman–Crippen LogP) is 2.67. The molecule has 0 spiro atoms. The van der Waals surface area contributed by atoms with Gasteiger partial charge in [0.15, 0.2) is 12.6 Å². The molecule has 0 aliphatic rings. The number of carbonyl (C=O) groups is 1. The van der Waals surface area contributed by atoms with Crippen LogP contribution in [0, 0.1) is 0 Å². The first-order valence-electron chi connectivity index (χ1n) is 7.78. The molecule has 2 heterocycles. The highest BCUT2D eigenvalue weighted by molar-refractivity contribution is 7.13. The molecule has 1 unspecified atom stereocenters. The zero-order valence-corrected chi connectivity index (χ0v) is 15.4. The van der Waals surface area contributed by atoms with Gasteiger partial charge in [0.1, 0.15) is 0 Å². The Balaban J connectivity index is 1.61. The fourth-order valence-corrected chi connectivity index (χ4v) is 3.11. The number of likely N-dealkylation sites (N-methyl/N-ethyl adjacent to an activating group) is 1. The summed E-state index contributed by atoms with van der Waals surface area (Å²) in [5.74, 6) is 0.882. The Hall–Kier alpha value is -2.22. The van der Waals surface area contributed by atoms with Crippen LogP contribution in [0.1, 0.15) is 18.9 Å². The molecule has 25 heavy (non-hydrogen) atoms. The van der Waals surface area contributed by atoms with Crippen LogP contribution in [0.4, 0.5) is 5.69 Å². The summed E-state index contributed by atoms with van der Waals surface area (Å²) in [5, 5.41) is 13.5. The smallest absolute Gasteiger partial charge is 0.279 e. The first kappa shape index (κ1) is 17.6. The quantitative estimate of drug-likeness (QED) is 0.692. The number of hydrogen-bond acceptors (Lipinski definition) is 5. The Morgan fingerprint density at radius 2 is 2.12 bits per heavy atom. The number of aromatic nitrogens is 2. The number of quaternary nitrogens is 1. The number of amides is 1. The van der Waals surface area contributed by atoms with E-state index in [1.165, 1.54) is 0 Å². The van der Waals surface area contributed by atoms with Crippen LogP contribution in [-0.4, -0.2) is 29.7 Å². The van der Waals surface area contributed by atoms with Crippen molar-refractivity contribution in [3.63, 3.8) is 0 Å². The molecular formula is C17H18ClN4O2S+. The number of thiophene rings is 1. The van der Waals surface area contributed by atoms with Gasteiger partial charge in [0.2, 0.25) is 0 Å². The van der Waals surface area contributed by atoms with Crippen LogP contribution in [0.2, 0.25) is 5.02 Å². The van der Waals surface area contributed by atoms with Crippen LogP contribution in [0.5, 0.6) is 0 Å². The minimum absolute atomic E-state index is 0.113. The third kappa shape index (κ3) is 4.25. The summed E-state index contributed by atoms with van der Waals surface area (Å²) in [5.41, 5.74) is 0.604. The van der Waals surface area contributed by atoms with Crippen molar-refractivity contribution in [3.05, 3.63) is 52.7 Å². The average Bonchev–Trinajstić information content (AvgIpc) is 3.27. The van der Waals surface area contributed by atoms with E-state index in [9.17, 15) is 4.79 Å². The maximum absolute atomic E-state index is 12.2. The molecule has 2 aromatic heterocycles. The standard InChI is InChI=1S/C17H17ClN4O2S/c1-11(16-20-21-17(24-16)14-8-5-9-25-14)22(2)10-15(23)19-13-7-4-3-6-12(13)18/h3-9,11H,10H2,1-2H3,(H,19,23)/p+1/t11-/m0/s1. The molecule has 3 rings (SSSR count). The van der Waals surface area contributed by atoms with Crippen molar-refractivity contribution in [1.29, 1.82) is 0 Å². The third-order valence-electron chi connectivity index (χ3n) is 3.87. The molecule has 1 aromatic carbocycles. The molecular weight excluding hydrogens is 360 g/mol. The zero-order chi connectivity index (χ0) is 17.8. The summed E-state index contributed by atoms with van der Waals surface area (Å²) in [6, 6.07) is 10.9. The van der Waals surface area contributed by atoms with Crippen LogP contribution in [0.15, 0.2) is 46.2 Å². The van der Waals surface area contributed by atoms with E-state index in [0.717, 1.165) is 9.78 Å². The van der Waals surface area contributed by atoms with Crippen molar-refractivity contribution < 1.29 is 14.1 Å². The van der Waals surface area contributed by atoms with E-state index in [1.807, 2.05) is 43.6 Å². The number of carbonyl (C=O) groups excluding carboxylic acids is 1. The Bertz CT molecular complexity index is 850. The number of halogens is 1. The number of rotatable bonds is 6. The van der Waals surface area contributed by atoms with Crippen LogP contribution < -0.4 is 10.2 Å². The SMILES string of the molecule is C[C@@H](c1nnc(-c2cccs2)o1)[NH+](C)CC(=O)Nc1ccccc1Cl. The van der Waals surface area contributed by atoms with Crippen molar-refractivity contribution >= 4 is 34.5 Å². The molecule has 0 saturated carbocycles. The second-order valence-corrected chi connectivity index (χ2v) is 7.05. The molecule has 0 bridgehead atoms. The highest BCUT2D eigenvalue weighted by Crippen LogP contribution is 2.24. The third-order valence-corrected chi connectivity index (χ3v) is 5.06. The van der Waals surface area contributed by atoms with E-state index >= 15 is 0 Å². The number of nitrogens with one attached hydrogen (secondary N) is 2. The lowest BCUT2D eigenvalue weighted by Gasteiger charge is -2.18. The highest BCUT2D eigenvalue weighted by atomic mass is 35.5. The molecule has 1 amide bonds. The van der Waals surface area contributed by atoms with Crippen LogP contribution in [-0.2, 0) is 4.79 Å². The van der Waals surface area contributed by atoms with Crippen LogP contribution in [0.3, 0.4) is 0 Å². The fourth-order valence-electron chi connectivity index (χ4n) is 2.28. The second kappa shape index (κ2) is 7.77. The molecule has 2 N–H and O–H groups in total. The van der Waals surface area contributed by atoms with E-state index in [0.29, 0.717) is 22.5 Å². The monoisotopic (exact) mass is 377 g/mol. The predicted molar refractivity (Wildman–Crippen MR) is 97.9 cm³/mol. The van der Waals surface area contributed by atoms with E-state index in [4.69, 9.17) is 16.0 Å². The summed E-state index contributed by atoms with van der Waals surface area (Å²) in [4.78, 5) is 14.1. The van der Waals surface area contributed by atoms with Crippen molar-refractivity contribution in [2.24, 2.45) is 0 Å². The van der Waals surface area contributed by atoms with E-state index < -0.39 is 0 Å². The fraction of sp³-hybridized carbons (Fsp3) is 0.235. The number of hydrogen-bond donors (Lipinski definition) is 2. The second-order valence-electron chi connectivity index (χ2n) is 5.70. The Morgan fingerprint density at radius 3 is 2.84 bits per heavy atom. The van der Waals surface area contributed by atoms with E-state index in [1.54, 1.807) is 23.5 Å². The maximum Gasteiger partial charge on any atom is 0.279 e. The van der Waals surface area contributed by atoms with Gasteiger partial charge in [-0.2, -0.15) is 0 Å². The Kier molecular flexibility index (Phi) is 5.47. The molecule has 0 saturated heterocycles. The molecule has 130 valence electrons. The van der Waals surface area contributed by atoms with E-state index in [-0.39, 0.29) is 18.5 Å². The first-order valence-corrected chi connectivity index (χ1v) is 9.04. The summed E-state index contributed by atoms with van der Waals surface area (Å²) in [6.45, 7) is 2.20. The number of benzene rings is 1. The highest BCUT2D eigenvalue weighted by Gasteiger charge is 2.24. The number of anilines is 1. The minimum Gasteiger partial charge on any atom is -0.414 e. The van der Waals surface area contributed by atoms with Crippen LogP contribution >= 0.6 is 22.9 Å². The van der Waals surface area contributed by atoms with Crippen molar-refractivity contribution in [3.8, 4) is 10.8 Å². The summed E-state index contributed by atoms with van der Waals surface area (Å²) >= 11 is 7.60. The summed E-state index contributed by atoms with van der Waals surface area (Å²) in [7, 11) is 1.91. The van der Waals surface area contributed by atoms with Crippen LogP contribution in [0.25, 0.3) is 10.8 Å².